The van der Waals surface area contributed by atoms with Crippen LogP contribution in [0.3, 0.4) is 0 Å². The van der Waals surface area contributed by atoms with Crippen LogP contribution in [0, 0.1) is 0 Å². The zero-order valence-corrected chi connectivity index (χ0v) is 43.1. The quantitative estimate of drug-likeness (QED) is 0.0321. The standard InChI is InChI=1S/C59H107NO5/c1-4-7-10-13-16-19-22-25-28-29-31-32-35-38-41-44-47-50-55(65-59(64)52-49-46-43-40-37-34-30-26-23-20-17-14-11-8-5-2)53-58(63)60-56(54-61)57(62)51-48-45-42-39-36-33-27-24-21-18-15-12-9-6-3/h16,19-20,23,25,28,31-32,38,41,55-57,61-62H,4-15,17-18,21-22,24,26-27,29-30,33-37,39-40,42-54H2,1-3H3,(H,60,63)/b19-16-,23-20-,28-25-,32-31-,41-38-. The molecule has 378 valence electrons. The summed E-state index contributed by atoms with van der Waals surface area (Å²) >= 11 is 0. The summed E-state index contributed by atoms with van der Waals surface area (Å²) in [5, 5.41) is 23.8. The number of amides is 1. The summed E-state index contributed by atoms with van der Waals surface area (Å²) in [6, 6.07) is -0.721. The Kier molecular flexibility index (Phi) is 50.6. The van der Waals surface area contributed by atoms with Gasteiger partial charge in [-0.15, -0.1) is 0 Å². The van der Waals surface area contributed by atoms with E-state index >= 15 is 0 Å². The van der Waals surface area contributed by atoms with Gasteiger partial charge < -0.3 is 20.3 Å². The third kappa shape index (κ3) is 47.8. The molecule has 0 heterocycles. The van der Waals surface area contributed by atoms with Crippen LogP contribution in [0.4, 0.5) is 0 Å². The Morgan fingerprint density at radius 2 is 0.800 bits per heavy atom. The predicted molar refractivity (Wildman–Crippen MR) is 282 cm³/mol. The fraction of sp³-hybridized carbons (Fsp3) is 0.797. The van der Waals surface area contributed by atoms with Gasteiger partial charge in [-0.2, -0.15) is 0 Å². The van der Waals surface area contributed by atoms with E-state index in [0.29, 0.717) is 19.3 Å². The molecular weight excluding hydrogens is 803 g/mol. The number of hydrogen-bond acceptors (Lipinski definition) is 5. The van der Waals surface area contributed by atoms with Gasteiger partial charge in [0.05, 0.1) is 25.2 Å². The number of rotatable bonds is 50. The summed E-state index contributed by atoms with van der Waals surface area (Å²) < 4.78 is 5.92. The van der Waals surface area contributed by atoms with Crippen molar-refractivity contribution in [1.29, 1.82) is 0 Å². The van der Waals surface area contributed by atoms with Crippen LogP contribution < -0.4 is 5.32 Å². The molecule has 0 saturated carbocycles. The largest absolute Gasteiger partial charge is 0.462 e. The molecule has 0 fully saturated rings. The molecule has 0 aromatic rings. The van der Waals surface area contributed by atoms with Crippen LogP contribution >= 0.6 is 0 Å². The summed E-state index contributed by atoms with van der Waals surface area (Å²) in [5.41, 5.74) is 0. The molecule has 0 bridgehead atoms. The van der Waals surface area contributed by atoms with Gasteiger partial charge in [0.1, 0.15) is 6.10 Å². The second-order valence-electron chi connectivity index (χ2n) is 19.0. The Bertz CT molecular complexity index is 1160. The topological polar surface area (TPSA) is 95.9 Å². The van der Waals surface area contributed by atoms with E-state index < -0.39 is 18.2 Å². The first kappa shape index (κ1) is 62.6. The fourth-order valence-corrected chi connectivity index (χ4v) is 8.30. The molecular formula is C59H107NO5. The van der Waals surface area contributed by atoms with Crippen molar-refractivity contribution >= 4 is 11.9 Å². The average Bonchev–Trinajstić information content (AvgIpc) is 3.30. The van der Waals surface area contributed by atoms with Crippen molar-refractivity contribution in [1.82, 2.24) is 5.32 Å². The Morgan fingerprint density at radius 3 is 1.28 bits per heavy atom. The van der Waals surface area contributed by atoms with E-state index in [1.54, 1.807) is 0 Å². The maximum atomic E-state index is 13.2. The molecule has 0 aliphatic rings. The van der Waals surface area contributed by atoms with Crippen molar-refractivity contribution in [3.05, 3.63) is 60.8 Å². The highest BCUT2D eigenvalue weighted by Crippen LogP contribution is 2.17. The minimum Gasteiger partial charge on any atom is -0.462 e. The summed E-state index contributed by atoms with van der Waals surface area (Å²) in [4.78, 5) is 26.2. The van der Waals surface area contributed by atoms with Crippen LogP contribution in [0.2, 0.25) is 0 Å². The molecule has 6 nitrogen and oxygen atoms in total. The van der Waals surface area contributed by atoms with Gasteiger partial charge in [0.25, 0.3) is 0 Å². The minimum absolute atomic E-state index is 0.0382. The number of nitrogens with one attached hydrogen (secondary N) is 1. The zero-order valence-electron chi connectivity index (χ0n) is 43.1. The van der Waals surface area contributed by atoms with Gasteiger partial charge in [0, 0.05) is 6.42 Å². The monoisotopic (exact) mass is 910 g/mol. The summed E-state index contributed by atoms with van der Waals surface area (Å²) in [6.07, 6.45) is 65.7. The van der Waals surface area contributed by atoms with Crippen LogP contribution in [0.5, 0.6) is 0 Å². The molecule has 0 rings (SSSR count). The number of unbranched alkanes of at least 4 members (excludes halogenated alkanes) is 28. The second kappa shape index (κ2) is 52.5. The third-order valence-electron chi connectivity index (χ3n) is 12.6. The Labute approximate surface area is 403 Å². The fourth-order valence-electron chi connectivity index (χ4n) is 8.30. The first-order valence-electron chi connectivity index (χ1n) is 28.0. The van der Waals surface area contributed by atoms with Crippen molar-refractivity contribution in [2.75, 3.05) is 6.61 Å². The van der Waals surface area contributed by atoms with Gasteiger partial charge in [-0.05, 0) is 89.9 Å². The maximum absolute atomic E-state index is 13.2. The molecule has 3 unspecified atom stereocenters. The Hall–Kier alpha value is -2.44. The van der Waals surface area contributed by atoms with E-state index in [2.05, 4.69) is 86.8 Å². The number of esters is 1. The van der Waals surface area contributed by atoms with Crippen molar-refractivity contribution in [2.45, 2.75) is 296 Å². The number of aliphatic hydroxyl groups is 2. The molecule has 0 aromatic carbocycles. The Morgan fingerprint density at radius 1 is 0.446 bits per heavy atom. The molecule has 0 aliphatic carbocycles. The zero-order chi connectivity index (χ0) is 47.4. The van der Waals surface area contributed by atoms with Crippen molar-refractivity contribution < 1.29 is 24.5 Å². The average molecular weight is 911 g/mol. The van der Waals surface area contributed by atoms with Crippen molar-refractivity contribution in [2.24, 2.45) is 0 Å². The van der Waals surface area contributed by atoms with E-state index in [-0.39, 0.29) is 24.9 Å². The molecule has 6 heteroatoms. The van der Waals surface area contributed by atoms with E-state index in [9.17, 15) is 19.8 Å². The van der Waals surface area contributed by atoms with Crippen LogP contribution in [0.1, 0.15) is 278 Å². The predicted octanol–water partition coefficient (Wildman–Crippen LogP) is 17.2. The van der Waals surface area contributed by atoms with Gasteiger partial charge in [-0.1, -0.05) is 236 Å². The number of hydrogen-bond donors (Lipinski definition) is 3. The third-order valence-corrected chi connectivity index (χ3v) is 12.6. The number of aliphatic hydroxyl groups excluding tert-OH is 2. The van der Waals surface area contributed by atoms with Gasteiger partial charge in [0.2, 0.25) is 5.91 Å². The molecule has 3 atom stereocenters. The van der Waals surface area contributed by atoms with E-state index in [1.165, 1.54) is 161 Å². The first-order chi connectivity index (χ1) is 32.0. The second-order valence-corrected chi connectivity index (χ2v) is 19.0. The molecule has 0 radical (unpaired) electrons. The van der Waals surface area contributed by atoms with Crippen LogP contribution in [-0.2, 0) is 14.3 Å². The maximum Gasteiger partial charge on any atom is 0.306 e. The van der Waals surface area contributed by atoms with Gasteiger partial charge >= 0.3 is 5.97 Å². The normalized spacial score (nSPS) is 13.6. The molecule has 3 N–H and O–H groups in total. The van der Waals surface area contributed by atoms with Crippen LogP contribution in [-0.4, -0.2) is 46.9 Å². The highest BCUT2D eigenvalue weighted by molar-refractivity contribution is 5.77. The van der Waals surface area contributed by atoms with Gasteiger partial charge in [-0.3, -0.25) is 9.59 Å². The molecule has 0 spiro atoms. The summed E-state index contributed by atoms with van der Waals surface area (Å²) in [7, 11) is 0. The van der Waals surface area contributed by atoms with E-state index in [1.807, 2.05) is 0 Å². The first-order valence-corrected chi connectivity index (χ1v) is 28.0. The smallest absolute Gasteiger partial charge is 0.306 e. The summed E-state index contributed by atoms with van der Waals surface area (Å²) in [5.74, 6) is -0.527. The SMILES string of the molecule is CCCCC/C=C\C/C=C\C/C=C\C/C=C\CCCC(CC(=O)NC(CO)C(O)CCCCCCCCCCCCCCCC)OC(=O)CCCCCCCCC/C=C\CCCCCC. The van der Waals surface area contributed by atoms with Gasteiger partial charge in [-0.25, -0.2) is 0 Å². The lowest BCUT2D eigenvalue weighted by atomic mass is 10.0. The molecule has 0 aromatic heterocycles. The highest BCUT2D eigenvalue weighted by Gasteiger charge is 2.24. The Balaban J connectivity index is 4.67. The lowest BCUT2D eigenvalue weighted by Crippen LogP contribution is -2.46. The van der Waals surface area contributed by atoms with Crippen molar-refractivity contribution in [3.8, 4) is 0 Å². The number of ether oxygens (including phenoxy) is 1. The van der Waals surface area contributed by atoms with E-state index in [0.717, 1.165) is 70.6 Å². The minimum atomic E-state index is -0.804. The van der Waals surface area contributed by atoms with E-state index in [4.69, 9.17) is 4.74 Å². The summed E-state index contributed by atoms with van der Waals surface area (Å²) in [6.45, 7) is 6.44. The van der Waals surface area contributed by atoms with Gasteiger partial charge in [0.15, 0.2) is 0 Å². The molecule has 0 aliphatic heterocycles. The molecule has 65 heavy (non-hydrogen) atoms. The number of allylic oxidation sites excluding steroid dienone is 10. The number of carbonyl (C=O) groups is 2. The molecule has 1 amide bonds. The van der Waals surface area contributed by atoms with Crippen LogP contribution in [0.25, 0.3) is 0 Å². The van der Waals surface area contributed by atoms with Crippen molar-refractivity contribution in [3.63, 3.8) is 0 Å². The lowest BCUT2D eigenvalue weighted by Gasteiger charge is -2.24. The number of carbonyl (C=O) groups excluding carboxylic acids is 2. The highest BCUT2D eigenvalue weighted by atomic mass is 16.5. The molecule has 0 saturated heterocycles. The van der Waals surface area contributed by atoms with Crippen LogP contribution in [0.15, 0.2) is 60.8 Å². The lowest BCUT2D eigenvalue weighted by molar-refractivity contribution is -0.151.